The molecule has 9 heteroatoms. The molecule has 0 amide bonds. The summed E-state index contributed by atoms with van der Waals surface area (Å²) in [5.74, 6) is 0. The molecule has 0 saturated carbocycles. The second kappa shape index (κ2) is 7.67. The average molecular weight is 459 g/mol. The lowest BCUT2D eigenvalue weighted by atomic mass is 10.2. The van der Waals surface area contributed by atoms with E-state index in [4.69, 9.17) is 0 Å². The summed E-state index contributed by atoms with van der Waals surface area (Å²) in [6.45, 7) is 1.06. The van der Waals surface area contributed by atoms with E-state index < -0.39 is 20.0 Å². The molecule has 6 nitrogen and oxygen atoms in total. The van der Waals surface area contributed by atoms with Gasteiger partial charge >= 0.3 is 0 Å². The van der Waals surface area contributed by atoms with Gasteiger partial charge in [-0.1, -0.05) is 22.4 Å². The van der Waals surface area contributed by atoms with Crippen molar-refractivity contribution in [2.75, 3.05) is 17.8 Å². The van der Waals surface area contributed by atoms with E-state index >= 15 is 0 Å². The van der Waals surface area contributed by atoms with Gasteiger partial charge in [-0.25, -0.2) is 16.8 Å². The van der Waals surface area contributed by atoms with Crippen molar-refractivity contribution in [3.05, 3.63) is 53.0 Å². The number of hydrogen-bond donors (Lipinski definition) is 1. The molecule has 0 unspecified atom stereocenters. The third-order valence-corrected chi connectivity index (χ3v) is 8.02. The van der Waals surface area contributed by atoms with Crippen molar-refractivity contribution in [1.82, 2.24) is 4.31 Å². The Morgan fingerprint density at radius 1 is 0.769 bits per heavy atom. The van der Waals surface area contributed by atoms with Crippen LogP contribution in [0, 0.1) is 0 Å². The molecule has 140 valence electrons. The topological polar surface area (TPSA) is 83.5 Å². The maximum atomic E-state index is 12.6. The average Bonchev–Trinajstić information content (AvgIpc) is 2.63. The van der Waals surface area contributed by atoms with E-state index in [0.717, 1.165) is 23.7 Å². The van der Waals surface area contributed by atoms with E-state index in [1.165, 1.54) is 40.7 Å². The molecule has 0 aromatic heterocycles. The molecule has 1 N–H and O–H groups in total. The number of benzene rings is 2. The van der Waals surface area contributed by atoms with Crippen molar-refractivity contribution in [2.24, 2.45) is 0 Å². The first-order valence-corrected chi connectivity index (χ1v) is 11.9. The first kappa shape index (κ1) is 19.3. The van der Waals surface area contributed by atoms with Crippen LogP contribution in [0.4, 0.5) is 5.69 Å². The van der Waals surface area contributed by atoms with Crippen LogP contribution in [0.3, 0.4) is 0 Å². The molecule has 1 saturated heterocycles. The summed E-state index contributed by atoms with van der Waals surface area (Å²) in [6, 6.07) is 12.1. The minimum atomic E-state index is -3.73. The Kier molecular flexibility index (Phi) is 5.71. The number of anilines is 1. The molecule has 26 heavy (non-hydrogen) atoms. The Balaban J connectivity index is 1.78. The molecule has 0 spiro atoms. The summed E-state index contributed by atoms with van der Waals surface area (Å²) in [5.41, 5.74) is 0.311. The molecule has 0 aliphatic carbocycles. The van der Waals surface area contributed by atoms with E-state index in [2.05, 4.69) is 20.7 Å². The first-order chi connectivity index (χ1) is 12.3. The van der Waals surface area contributed by atoms with Gasteiger partial charge in [0, 0.05) is 23.2 Å². The standard InChI is InChI=1S/C17H19BrN2O4S2/c18-14-4-8-16(9-5-14)25(21,22)19-15-6-10-17(11-7-15)26(23,24)20-12-2-1-3-13-20/h4-11,19H,1-3,12-13H2. The van der Waals surface area contributed by atoms with Crippen molar-refractivity contribution >= 4 is 41.7 Å². The fraction of sp³-hybridized carbons (Fsp3) is 0.294. The minimum absolute atomic E-state index is 0.130. The van der Waals surface area contributed by atoms with Gasteiger partial charge in [-0.3, -0.25) is 4.72 Å². The van der Waals surface area contributed by atoms with Gasteiger partial charge in [0.25, 0.3) is 10.0 Å². The van der Waals surface area contributed by atoms with E-state index in [1.54, 1.807) is 12.1 Å². The highest BCUT2D eigenvalue weighted by Crippen LogP contribution is 2.23. The summed E-state index contributed by atoms with van der Waals surface area (Å²) in [6.07, 6.45) is 2.78. The van der Waals surface area contributed by atoms with Crippen molar-refractivity contribution in [3.63, 3.8) is 0 Å². The molecule has 2 aromatic rings. The van der Waals surface area contributed by atoms with Gasteiger partial charge in [0.15, 0.2) is 0 Å². The molecule has 2 aromatic carbocycles. The lowest BCUT2D eigenvalue weighted by Gasteiger charge is -2.25. The minimum Gasteiger partial charge on any atom is -0.280 e. The molecule has 1 heterocycles. The zero-order chi connectivity index (χ0) is 18.8. The van der Waals surface area contributed by atoms with Crippen LogP contribution in [0.5, 0.6) is 0 Å². The monoisotopic (exact) mass is 458 g/mol. The Bertz CT molecular complexity index is 966. The Morgan fingerprint density at radius 3 is 1.88 bits per heavy atom. The highest BCUT2D eigenvalue weighted by atomic mass is 79.9. The second-order valence-corrected chi connectivity index (χ2v) is 10.6. The molecule has 0 atom stereocenters. The van der Waals surface area contributed by atoms with Crippen molar-refractivity contribution in [1.29, 1.82) is 0 Å². The largest absolute Gasteiger partial charge is 0.280 e. The zero-order valence-corrected chi connectivity index (χ0v) is 17.1. The van der Waals surface area contributed by atoms with Crippen LogP contribution in [0.1, 0.15) is 19.3 Å². The molecule has 1 aliphatic heterocycles. The van der Waals surface area contributed by atoms with Crippen molar-refractivity contribution < 1.29 is 16.8 Å². The van der Waals surface area contributed by atoms with E-state index in [0.29, 0.717) is 18.8 Å². The van der Waals surface area contributed by atoms with Crippen LogP contribution in [-0.2, 0) is 20.0 Å². The van der Waals surface area contributed by atoms with Crippen LogP contribution >= 0.6 is 15.9 Å². The predicted octanol–water partition coefficient (Wildman–Crippen LogP) is 3.42. The van der Waals surface area contributed by atoms with Crippen LogP contribution in [-0.4, -0.2) is 34.2 Å². The molecule has 0 bridgehead atoms. The Hall–Kier alpha value is -1.42. The fourth-order valence-corrected chi connectivity index (χ4v) is 5.62. The van der Waals surface area contributed by atoms with Gasteiger partial charge in [-0.15, -0.1) is 0 Å². The smallest absolute Gasteiger partial charge is 0.261 e. The highest BCUT2D eigenvalue weighted by molar-refractivity contribution is 9.10. The highest BCUT2D eigenvalue weighted by Gasteiger charge is 2.25. The molecule has 3 rings (SSSR count). The van der Waals surface area contributed by atoms with E-state index in [-0.39, 0.29) is 9.79 Å². The summed E-state index contributed by atoms with van der Waals surface area (Å²) in [7, 11) is -7.26. The van der Waals surface area contributed by atoms with Crippen molar-refractivity contribution in [3.8, 4) is 0 Å². The lowest BCUT2D eigenvalue weighted by molar-refractivity contribution is 0.346. The van der Waals surface area contributed by atoms with Crippen molar-refractivity contribution in [2.45, 2.75) is 29.1 Å². The van der Waals surface area contributed by atoms with Crippen LogP contribution in [0.15, 0.2) is 62.8 Å². The Morgan fingerprint density at radius 2 is 1.31 bits per heavy atom. The maximum absolute atomic E-state index is 12.6. The normalized spacial score (nSPS) is 16.3. The lowest BCUT2D eigenvalue weighted by Crippen LogP contribution is -2.35. The third kappa shape index (κ3) is 4.28. The van der Waals surface area contributed by atoms with Crippen LogP contribution < -0.4 is 4.72 Å². The summed E-state index contributed by atoms with van der Waals surface area (Å²) < 4.78 is 54.7. The SMILES string of the molecule is O=S(=O)(Nc1ccc(S(=O)(=O)N2CCCCC2)cc1)c1ccc(Br)cc1. The number of nitrogens with zero attached hydrogens (tertiary/aromatic N) is 1. The summed E-state index contributed by atoms with van der Waals surface area (Å²) in [4.78, 5) is 0.303. The number of hydrogen-bond acceptors (Lipinski definition) is 4. The molecule has 1 aliphatic rings. The van der Waals surface area contributed by atoms with Gasteiger partial charge < -0.3 is 0 Å². The predicted molar refractivity (Wildman–Crippen MR) is 104 cm³/mol. The number of rotatable bonds is 5. The maximum Gasteiger partial charge on any atom is 0.261 e. The number of nitrogens with one attached hydrogen (secondary N) is 1. The van der Waals surface area contributed by atoms with Gasteiger partial charge in [-0.2, -0.15) is 4.31 Å². The van der Waals surface area contributed by atoms with E-state index in [9.17, 15) is 16.8 Å². The van der Waals surface area contributed by atoms with Gasteiger partial charge in [0.1, 0.15) is 0 Å². The number of piperidine rings is 1. The van der Waals surface area contributed by atoms with Crippen LogP contribution in [0.25, 0.3) is 0 Å². The van der Waals surface area contributed by atoms with Gasteiger partial charge in [0.2, 0.25) is 10.0 Å². The zero-order valence-electron chi connectivity index (χ0n) is 13.9. The quantitative estimate of drug-likeness (QED) is 0.743. The fourth-order valence-electron chi connectivity index (χ4n) is 2.78. The Labute approximate surface area is 162 Å². The molecule has 0 radical (unpaired) electrons. The van der Waals surface area contributed by atoms with E-state index in [1.807, 2.05) is 0 Å². The summed E-state index contributed by atoms with van der Waals surface area (Å²) >= 11 is 3.26. The van der Waals surface area contributed by atoms with Gasteiger partial charge in [0.05, 0.1) is 9.79 Å². The van der Waals surface area contributed by atoms with Gasteiger partial charge in [-0.05, 0) is 61.4 Å². The number of sulfonamides is 2. The van der Waals surface area contributed by atoms with Crippen LogP contribution in [0.2, 0.25) is 0 Å². The molecular weight excluding hydrogens is 440 g/mol. The summed E-state index contributed by atoms with van der Waals surface area (Å²) in [5, 5.41) is 0. The number of halogens is 1. The molecular formula is C17H19BrN2O4S2. The third-order valence-electron chi connectivity index (χ3n) is 4.18. The first-order valence-electron chi connectivity index (χ1n) is 8.18. The second-order valence-electron chi connectivity index (χ2n) is 6.05. The molecule has 1 fully saturated rings.